The van der Waals surface area contributed by atoms with Crippen LogP contribution >= 0.6 is 34.2 Å². The second-order valence-electron chi connectivity index (χ2n) is 6.81. The average Bonchev–Trinajstić information content (AvgIpc) is 2.79. The van der Waals surface area contributed by atoms with Crippen molar-refractivity contribution in [3.8, 4) is 17.1 Å². The monoisotopic (exact) mass is 546 g/mol. The van der Waals surface area contributed by atoms with Gasteiger partial charge in [-0.15, -0.1) is 0 Å². The second-order valence-corrected chi connectivity index (χ2v) is 8.41. The van der Waals surface area contributed by atoms with Crippen LogP contribution in [0.5, 0.6) is 5.75 Å². The first-order valence-corrected chi connectivity index (χ1v) is 11.3. The van der Waals surface area contributed by atoms with E-state index in [1.54, 1.807) is 22.8 Å². The molecule has 0 saturated heterocycles. The first-order valence-electron chi connectivity index (χ1n) is 9.84. The second kappa shape index (κ2) is 10.3. The van der Waals surface area contributed by atoms with Gasteiger partial charge in [0.25, 0.3) is 5.56 Å². The maximum Gasteiger partial charge on any atom is 0.261 e. The molecule has 0 aliphatic heterocycles. The van der Waals surface area contributed by atoms with Crippen LogP contribution in [0.4, 0.5) is 0 Å². The highest BCUT2D eigenvalue weighted by molar-refractivity contribution is 14.1. The molecule has 0 aliphatic rings. The number of halogens is 2. The summed E-state index contributed by atoms with van der Waals surface area (Å²) >= 11 is 8.27. The fraction of sp³-hybridized carbons (Fsp3) is 0.167. The molecule has 7 heteroatoms. The predicted octanol–water partition coefficient (Wildman–Crippen LogP) is 5.42. The summed E-state index contributed by atoms with van der Waals surface area (Å²) in [6.45, 7) is 1.62. The Kier molecular flexibility index (Phi) is 7.21. The first kappa shape index (κ1) is 21.8. The maximum absolute atomic E-state index is 13.1. The van der Waals surface area contributed by atoms with Crippen molar-refractivity contribution in [3.05, 3.63) is 91.7 Å². The topological polar surface area (TPSA) is 53.4 Å². The molecule has 3 aromatic carbocycles. The van der Waals surface area contributed by atoms with Crippen molar-refractivity contribution in [1.82, 2.24) is 9.55 Å². The Morgan fingerprint density at radius 3 is 2.45 bits per heavy atom. The summed E-state index contributed by atoms with van der Waals surface area (Å²) < 4.78 is 14.2. The van der Waals surface area contributed by atoms with Gasteiger partial charge in [0.05, 0.1) is 34.2 Å². The third-order valence-corrected chi connectivity index (χ3v) is 5.89. The Balaban J connectivity index is 1.48. The van der Waals surface area contributed by atoms with E-state index < -0.39 is 0 Å². The smallest absolute Gasteiger partial charge is 0.261 e. The highest BCUT2D eigenvalue weighted by atomic mass is 127. The number of aromatic nitrogens is 2. The number of fused-ring (bicyclic) bond motifs is 1. The fourth-order valence-corrected chi connectivity index (χ4v) is 3.89. The summed E-state index contributed by atoms with van der Waals surface area (Å²) in [6, 6.07) is 22.5. The minimum Gasteiger partial charge on any atom is -0.490 e. The highest BCUT2D eigenvalue weighted by Gasteiger charge is 2.12. The summed E-state index contributed by atoms with van der Waals surface area (Å²) in [5, 5.41) is 1.22. The summed E-state index contributed by atoms with van der Waals surface area (Å²) in [6.07, 6.45) is 0. The molecule has 0 N–H and O–H groups in total. The van der Waals surface area contributed by atoms with Crippen LogP contribution in [0.3, 0.4) is 0 Å². The molecule has 0 unspecified atom stereocenters. The van der Waals surface area contributed by atoms with Gasteiger partial charge in [-0.2, -0.15) is 0 Å². The van der Waals surface area contributed by atoms with Crippen molar-refractivity contribution in [2.24, 2.45) is 0 Å². The van der Waals surface area contributed by atoms with E-state index in [1.165, 1.54) is 0 Å². The summed E-state index contributed by atoms with van der Waals surface area (Å²) in [5.74, 6) is 1.44. The molecule has 0 bridgehead atoms. The lowest BCUT2D eigenvalue weighted by Gasteiger charge is -2.14. The molecule has 158 valence electrons. The maximum atomic E-state index is 13.1. The summed E-state index contributed by atoms with van der Waals surface area (Å²) in [7, 11) is 0. The molecule has 0 fully saturated rings. The number of rotatable bonds is 8. The molecule has 0 spiro atoms. The van der Waals surface area contributed by atoms with E-state index in [0.717, 1.165) is 14.9 Å². The quantitative estimate of drug-likeness (QED) is 0.219. The number of para-hydroxylation sites is 2. The van der Waals surface area contributed by atoms with Crippen molar-refractivity contribution < 1.29 is 9.47 Å². The van der Waals surface area contributed by atoms with Gasteiger partial charge in [0, 0.05) is 10.6 Å². The van der Waals surface area contributed by atoms with Gasteiger partial charge >= 0.3 is 0 Å². The molecule has 0 amide bonds. The lowest BCUT2D eigenvalue weighted by molar-refractivity contribution is 0.0938. The molecule has 0 aliphatic carbocycles. The normalized spacial score (nSPS) is 11.0. The van der Waals surface area contributed by atoms with Crippen LogP contribution in [0, 0.1) is 3.57 Å². The molecule has 31 heavy (non-hydrogen) atoms. The van der Waals surface area contributed by atoms with Crippen molar-refractivity contribution in [3.63, 3.8) is 0 Å². The van der Waals surface area contributed by atoms with E-state index in [4.69, 9.17) is 26.1 Å². The van der Waals surface area contributed by atoms with Crippen molar-refractivity contribution in [2.45, 2.75) is 6.54 Å². The zero-order chi connectivity index (χ0) is 21.6. The lowest BCUT2D eigenvalue weighted by atomic mass is 10.2. The van der Waals surface area contributed by atoms with Crippen molar-refractivity contribution in [1.29, 1.82) is 0 Å². The Labute approximate surface area is 198 Å². The van der Waals surface area contributed by atoms with Gasteiger partial charge in [-0.3, -0.25) is 9.36 Å². The molecular weight excluding hydrogens is 527 g/mol. The zero-order valence-corrected chi connectivity index (χ0v) is 19.5. The van der Waals surface area contributed by atoms with Gasteiger partial charge in [-0.1, -0.05) is 35.9 Å². The summed E-state index contributed by atoms with van der Waals surface area (Å²) in [5.41, 5.74) is 1.41. The lowest BCUT2D eigenvalue weighted by Crippen LogP contribution is -2.26. The Hall–Kier alpha value is -2.42. The van der Waals surface area contributed by atoms with E-state index >= 15 is 0 Å². The first-order chi connectivity index (χ1) is 15.1. The van der Waals surface area contributed by atoms with Gasteiger partial charge in [-0.05, 0) is 71.1 Å². The Morgan fingerprint density at radius 1 is 0.903 bits per heavy atom. The third-order valence-electron chi connectivity index (χ3n) is 4.75. The molecule has 1 heterocycles. The van der Waals surface area contributed by atoms with Crippen LogP contribution in [0.15, 0.2) is 77.6 Å². The number of ether oxygens (including phenoxy) is 2. The molecule has 0 radical (unpaired) electrons. The molecule has 4 rings (SSSR count). The molecule has 0 saturated carbocycles. The molecule has 1 aromatic heterocycles. The van der Waals surface area contributed by atoms with Crippen LogP contribution < -0.4 is 10.3 Å². The van der Waals surface area contributed by atoms with Crippen LogP contribution in [-0.2, 0) is 11.3 Å². The molecule has 5 nitrogen and oxygen atoms in total. The van der Waals surface area contributed by atoms with Gasteiger partial charge < -0.3 is 9.47 Å². The SMILES string of the molecule is O=c1c2ccccc2nc(-c2ccc(Cl)cc2)n1CCOCCOc1ccccc1I. The minimum absolute atomic E-state index is 0.0887. The number of hydrogen-bond donors (Lipinski definition) is 0. The fourth-order valence-electron chi connectivity index (χ4n) is 3.23. The standard InChI is InChI=1S/C24H20ClIN2O3/c25-18-11-9-17(10-12-18)23-27-21-7-3-1-5-19(21)24(29)28(23)13-14-30-15-16-31-22-8-4-2-6-20(22)26/h1-12H,13-16H2. The van der Waals surface area contributed by atoms with E-state index in [-0.39, 0.29) is 5.56 Å². The predicted molar refractivity (Wildman–Crippen MR) is 132 cm³/mol. The molecular formula is C24H20ClIN2O3. The van der Waals surface area contributed by atoms with E-state index in [1.807, 2.05) is 54.6 Å². The molecule has 0 atom stereocenters. The largest absolute Gasteiger partial charge is 0.490 e. The van der Waals surface area contributed by atoms with Gasteiger partial charge in [-0.25, -0.2) is 4.98 Å². The van der Waals surface area contributed by atoms with Gasteiger partial charge in [0.2, 0.25) is 0 Å². The number of nitrogens with zero attached hydrogens (tertiary/aromatic N) is 2. The van der Waals surface area contributed by atoms with Crippen LogP contribution in [0.2, 0.25) is 5.02 Å². The van der Waals surface area contributed by atoms with Crippen LogP contribution in [-0.4, -0.2) is 29.4 Å². The van der Waals surface area contributed by atoms with Gasteiger partial charge in [0.15, 0.2) is 0 Å². The van der Waals surface area contributed by atoms with E-state index in [0.29, 0.717) is 48.1 Å². The molecule has 4 aromatic rings. The zero-order valence-electron chi connectivity index (χ0n) is 16.6. The number of hydrogen-bond acceptors (Lipinski definition) is 4. The van der Waals surface area contributed by atoms with Crippen molar-refractivity contribution >= 4 is 45.1 Å². The van der Waals surface area contributed by atoms with E-state index in [2.05, 4.69) is 22.6 Å². The Morgan fingerprint density at radius 2 is 1.65 bits per heavy atom. The van der Waals surface area contributed by atoms with Crippen LogP contribution in [0.1, 0.15) is 0 Å². The van der Waals surface area contributed by atoms with Gasteiger partial charge in [0.1, 0.15) is 18.2 Å². The Bertz CT molecular complexity index is 1240. The number of benzene rings is 3. The third kappa shape index (κ3) is 5.26. The van der Waals surface area contributed by atoms with Crippen molar-refractivity contribution in [2.75, 3.05) is 19.8 Å². The highest BCUT2D eigenvalue weighted by Crippen LogP contribution is 2.21. The average molecular weight is 547 g/mol. The minimum atomic E-state index is -0.0887. The van der Waals surface area contributed by atoms with E-state index in [9.17, 15) is 4.79 Å². The summed E-state index contributed by atoms with van der Waals surface area (Å²) in [4.78, 5) is 17.9. The van der Waals surface area contributed by atoms with Crippen LogP contribution in [0.25, 0.3) is 22.3 Å².